The first-order chi connectivity index (χ1) is 9.27. The van der Waals surface area contributed by atoms with Crippen LogP contribution in [0.2, 0.25) is 0 Å². The van der Waals surface area contributed by atoms with Crippen molar-refractivity contribution in [2.24, 2.45) is 5.92 Å². The molecule has 19 heavy (non-hydrogen) atoms. The van der Waals surface area contributed by atoms with E-state index in [0.717, 1.165) is 5.92 Å². The maximum Gasteiger partial charge on any atom is -0.0351 e. The number of unbranched alkanes of at least 4 members (excludes halogenated alkanes) is 10. The van der Waals surface area contributed by atoms with Crippen molar-refractivity contribution in [3.63, 3.8) is 0 Å². The Labute approximate surface area is 123 Å². The summed E-state index contributed by atoms with van der Waals surface area (Å²) in [5, 5.41) is 0. The predicted octanol–water partition coefficient (Wildman–Crippen LogP) is 7.29. The van der Waals surface area contributed by atoms with Crippen molar-refractivity contribution >= 4 is 0 Å². The van der Waals surface area contributed by atoms with Gasteiger partial charge in [0.25, 0.3) is 0 Å². The Morgan fingerprint density at radius 1 is 0.632 bits per heavy atom. The van der Waals surface area contributed by atoms with Crippen LogP contribution in [-0.2, 0) is 0 Å². The topological polar surface area (TPSA) is 0 Å². The van der Waals surface area contributed by atoms with Crippen LogP contribution in [0.5, 0.6) is 0 Å². The van der Waals surface area contributed by atoms with E-state index in [4.69, 9.17) is 0 Å². The summed E-state index contributed by atoms with van der Waals surface area (Å²) >= 11 is 0. The zero-order valence-corrected chi connectivity index (χ0v) is 13.9. The molecule has 0 atom stereocenters. The fourth-order valence-corrected chi connectivity index (χ4v) is 2.45. The summed E-state index contributed by atoms with van der Waals surface area (Å²) in [5.74, 6) is 0.891. The molecule has 0 amide bonds. The lowest BCUT2D eigenvalue weighted by Crippen LogP contribution is -1.87. The second-order valence-corrected chi connectivity index (χ2v) is 6.41. The van der Waals surface area contributed by atoms with E-state index in [1.54, 1.807) is 0 Å². The van der Waals surface area contributed by atoms with Gasteiger partial charge in [0.05, 0.1) is 0 Å². The van der Waals surface area contributed by atoms with Crippen molar-refractivity contribution in [3.8, 4) is 0 Å². The van der Waals surface area contributed by atoms with Crippen LogP contribution >= 0.6 is 0 Å². The second kappa shape index (κ2) is 15.8. The smallest absolute Gasteiger partial charge is 0.0351 e. The highest BCUT2D eigenvalue weighted by atomic mass is 14.0. The van der Waals surface area contributed by atoms with Gasteiger partial charge in [0.1, 0.15) is 0 Å². The SMILES string of the molecule is CCCCCCC=CCCCCCCCCC(C)C. The molecule has 0 spiro atoms. The van der Waals surface area contributed by atoms with Crippen molar-refractivity contribution < 1.29 is 0 Å². The largest absolute Gasteiger partial charge is 0.0885 e. The van der Waals surface area contributed by atoms with Crippen molar-refractivity contribution in [2.45, 2.75) is 104 Å². The molecule has 0 saturated carbocycles. The quantitative estimate of drug-likeness (QED) is 0.229. The minimum Gasteiger partial charge on any atom is -0.0885 e. The first kappa shape index (κ1) is 18.7. The molecule has 0 unspecified atom stereocenters. The van der Waals surface area contributed by atoms with E-state index in [9.17, 15) is 0 Å². The molecular weight excluding hydrogens is 228 g/mol. The Hall–Kier alpha value is -0.260. The van der Waals surface area contributed by atoms with Gasteiger partial charge in [-0.1, -0.05) is 90.7 Å². The molecule has 0 fully saturated rings. The van der Waals surface area contributed by atoms with Gasteiger partial charge in [-0.3, -0.25) is 0 Å². The van der Waals surface area contributed by atoms with Crippen LogP contribution in [0.1, 0.15) is 104 Å². The van der Waals surface area contributed by atoms with Crippen molar-refractivity contribution in [1.29, 1.82) is 0 Å². The van der Waals surface area contributed by atoms with Gasteiger partial charge in [-0.05, 0) is 31.6 Å². The average Bonchev–Trinajstić information content (AvgIpc) is 2.39. The van der Waals surface area contributed by atoms with Gasteiger partial charge in [0.15, 0.2) is 0 Å². The van der Waals surface area contributed by atoms with E-state index in [2.05, 4.69) is 32.9 Å². The zero-order valence-electron chi connectivity index (χ0n) is 13.9. The highest BCUT2D eigenvalue weighted by Gasteiger charge is 1.94. The molecule has 0 aromatic heterocycles. The molecule has 0 aliphatic carbocycles. The van der Waals surface area contributed by atoms with Crippen LogP contribution in [0.15, 0.2) is 12.2 Å². The van der Waals surface area contributed by atoms with E-state index in [1.165, 1.54) is 83.5 Å². The minimum absolute atomic E-state index is 0.891. The lowest BCUT2D eigenvalue weighted by atomic mass is 10.0. The molecule has 0 N–H and O–H groups in total. The van der Waals surface area contributed by atoms with Crippen molar-refractivity contribution in [3.05, 3.63) is 12.2 Å². The van der Waals surface area contributed by atoms with Crippen molar-refractivity contribution in [2.75, 3.05) is 0 Å². The first-order valence-corrected chi connectivity index (χ1v) is 8.92. The Balaban J connectivity index is 3.03. The molecule has 0 nitrogen and oxygen atoms in total. The fraction of sp³-hybridized carbons (Fsp3) is 0.895. The monoisotopic (exact) mass is 266 g/mol. The highest BCUT2D eigenvalue weighted by Crippen LogP contribution is 2.12. The van der Waals surface area contributed by atoms with Crippen LogP contribution in [0, 0.1) is 5.92 Å². The summed E-state index contributed by atoms with van der Waals surface area (Å²) in [6.07, 6.45) is 23.0. The molecule has 0 aromatic rings. The third-order valence-electron chi connectivity index (χ3n) is 3.79. The molecule has 0 saturated heterocycles. The highest BCUT2D eigenvalue weighted by molar-refractivity contribution is 4.81. The summed E-state index contributed by atoms with van der Waals surface area (Å²) in [5.41, 5.74) is 0. The number of allylic oxidation sites excluding steroid dienone is 2. The lowest BCUT2D eigenvalue weighted by molar-refractivity contribution is 0.512. The number of hydrogen-bond acceptors (Lipinski definition) is 0. The van der Waals surface area contributed by atoms with E-state index in [0.29, 0.717) is 0 Å². The average molecular weight is 267 g/mol. The molecule has 0 heterocycles. The predicted molar refractivity (Wildman–Crippen MR) is 89.7 cm³/mol. The van der Waals surface area contributed by atoms with Crippen molar-refractivity contribution in [1.82, 2.24) is 0 Å². The second-order valence-electron chi connectivity index (χ2n) is 6.41. The molecule has 0 aliphatic rings. The molecule has 114 valence electrons. The van der Waals surface area contributed by atoms with Crippen LogP contribution in [0.25, 0.3) is 0 Å². The normalized spacial score (nSPS) is 11.8. The Bertz CT molecular complexity index is 178. The Morgan fingerprint density at radius 3 is 1.63 bits per heavy atom. The third kappa shape index (κ3) is 17.7. The summed E-state index contributed by atoms with van der Waals surface area (Å²) in [6, 6.07) is 0. The summed E-state index contributed by atoms with van der Waals surface area (Å²) in [6.45, 7) is 6.93. The van der Waals surface area contributed by atoms with E-state index < -0.39 is 0 Å². The van der Waals surface area contributed by atoms with Gasteiger partial charge in [-0.2, -0.15) is 0 Å². The molecule has 0 rings (SSSR count). The van der Waals surface area contributed by atoms with Gasteiger partial charge < -0.3 is 0 Å². The molecule has 0 radical (unpaired) electrons. The maximum atomic E-state index is 2.41. The van der Waals surface area contributed by atoms with Crippen LogP contribution in [-0.4, -0.2) is 0 Å². The van der Waals surface area contributed by atoms with Gasteiger partial charge in [0.2, 0.25) is 0 Å². The summed E-state index contributed by atoms with van der Waals surface area (Å²) in [4.78, 5) is 0. The van der Waals surface area contributed by atoms with Gasteiger partial charge in [0, 0.05) is 0 Å². The van der Waals surface area contributed by atoms with E-state index in [1.807, 2.05) is 0 Å². The summed E-state index contributed by atoms with van der Waals surface area (Å²) < 4.78 is 0. The Kier molecular flexibility index (Phi) is 15.6. The van der Waals surface area contributed by atoms with Gasteiger partial charge in [-0.15, -0.1) is 0 Å². The molecule has 0 aliphatic heterocycles. The van der Waals surface area contributed by atoms with Crippen LogP contribution in [0.4, 0.5) is 0 Å². The summed E-state index contributed by atoms with van der Waals surface area (Å²) in [7, 11) is 0. The number of hydrogen-bond donors (Lipinski definition) is 0. The first-order valence-electron chi connectivity index (χ1n) is 8.92. The van der Waals surface area contributed by atoms with E-state index >= 15 is 0 Å². The molecule has 0 bridgehead atoms. The number of rotatable bonds is 14. The molecular formula is C19H38. The third-order valence-corrected chi connectivity index (χ3v) is 3.79. The fourth-order valence-electron chi connectivity index (χ4n) is 2.45. The van der Waals surface area contributed by atoms with E-state index in [-0.39, 0.29) is 0 Å². The lowest BCUT2D eigenvalue weighted by Gasteiger charge is -2.03. The zero-order chi connectivity index (χ0) is 14.2. The minimum atomic E-state index is 0.891. The van der Waals surface area contributed by atoms with Gasteiger partial charge >= 0.3 is 0 Å². The molecule has 0 heteroatoms. The van der Waals surface area contributed by atoms with Crippen LogP contribution in [0.3, 0.4) is 0 Å². The van der Waals surface area contributed by atoms with Gasteiger partial charge in [-0.25, -0.2) is 0 Å². The Morgan fingerprint density at radius 2 is 1.11 bits per heavy atom. The molecule has 0 aromatic carbocycles. The standard InChI is InChI=1S/C19H38/c1-4-5-6-7-8-9-10-11-12-13-14-15-16-17-18-19(2)3/h9-10,19H,4-8,11-18H2,1-3H3. The van der Waals surface area contributed by atoms with Crippen LogP contribution < -0.4 is 0 Å². The maximum absolute atomic E-state index is 2.41.